The Morgan fingerprint density at radius 2 is 2.50 bits per heavy atom. The van der Waals surface area contributed by atoms with Gasteiger partial charge in [0.25, 0.3) is 0 Å². The molecule has 1 aromatic rings. The molecule has 1 rings (SSSR count). The molecule has 0 fully saturated rings. The molecule has 0 amide bonds. The van der Waals surface area contributed by atoms with Crippen LogP contribution in [0.2, 0.25) is 4.34 Å². The molecule has 1 N–H and O–H groups in total. The Morgan fingerprint density at radius 1 is 1.75 bits per heavy atom. The lowest BCUT2D eigenvalue weighted by atomic mass is 10.4. The van der Waals surface area contributed by atoms with E-state index in [1.165, 1.54) is 4.88 Å². The lowest BCUT2D eigenvalue weighted by Crippen LogP contribution is -2.11. The van der Waals surface area contributed by atoms with E-state index in [-0.39, 0.29) is 0 Å². The Morgan fingerprint density at radius 3 is 3.00 bits per heavy atom. The smallest absolute Gasteiger partial charge is 0.107 e. The Hall–Kier alpha value is -0.0100. The number of terminal acetylenes is 1. The van der Waals surface area contributed by atoms with Gasteiger partial charge in [0.1, 0.15) is 4.34 Å². The zero-order valence-electron chi connectivity index (χ0n) is 6.23. The van der Waals surface area contributed by atoms with Crippen molar-refractivity contribution in [2.75, 3.05) is 6.54 Å². The average Bonchev–Trinajstić information content (AvgIpc) is 2.32. The Kier molecular flexibility index (Phi) is 4.10. The predicted molar refractivity (Wildman–Crippen MR) is 57.6 cm³/mol. The van der Waals surface area contributed by atoms with Crippen LogP contribution in [-0.4, -0.2) is 6.54 Å². The van der Waals surface area contributed by atoms with Gasteiger partial charge in [-0.25, -0.2) is 0 Å². The first kappa shape index (κ1) is 10.1. The second kappa shape index (κ2) is 4.88. The molecule has 0 spiro atoms. The van der Waals surface area contributed by atoms with Gasteiger partial charge in [-0.3, -0.25) is 0 Å². The highest BCUT2D eigenvalue weighted by molar-refractivity contribution is 9.10. The van der Waals surface area contributed by atoms with Gasteiger partial charge >= 0.3 is 0 Å². The first-order valence-electron chi connectivity index (χ1n) is 3.32. The summed E-state index contributed by atoms with van der Waals surface area (Å²) in [5.74, 6) is 2.51. The van der Waals surface area contributed by atoms with Crippen LogP contribution in [0.4, 0.5) is 0 Å². The van der Waals surface area contributed by atoms with E-state index in [2.05, 4.69) is 27.2 Å². The van der Waals surface area contributed by atoms with Crippen LogP contribution in [-0.2, 0) is 6.54 Å². The van der Waals surface area contributed by atoms with Crippen LogP contribution < -0.4 is 5.32 Å². The second-order valence-electron chi connectivity index (χ2n) is 2.14. The fraction of sp³-hybridized carbons (Fsp3) is 0.250. The minimum absolute atomic E-state index is 0.590. The maximum Gasteiger partial charge on any atom is 0.107 e. The molecular weight excluding hydrogens is 258 g/mol. The number of hydrogen-bond donors (Lipinski definition) is 1. The molecule has 12 heavy (non-hydrogen) atoms. The van der Waals surface area contributed by atoms with Gasteiger partial charge in [-0.05, 0) is 22.0 Å². The van der Waals surface area contributed by atoms with Crippen molar-refractivity contribution < 1.29 is 0 Å². The molecule has 0 aliphatic rings. The monoisotopic (exact) mass is 263 g/mol. The molecule has 0 saturated carbocycles. The van der Waals surface area contributed by atoms with Gasteiger partial charge in [0, 0.05) is 15.9 Å². The molecular formula is C8H7BrClNS. The van der Waals surface area contributed by atoms with E-state index in [0.29, 0.717) is 6.54 Å². The second-order valence-corrected chi connectivity index (χ2v) is 4.74. The van der Waals surface area contributed by atoms with E-state index >= 15 is 0 Å². The van der Waals surface area contributed by atoms with E-state index in [1.807, 2.05) is 6.07 Å². The summed E-state index contributed by atoms with van der Waals surface area (Å²) in [6.07, 6.45) is 5.08. The lowest BCUT2D eigenvalue weighted by molar-refractivity contribution is 0.781. The van der Waals surface area contributed by atoms with E-state index in [9.17, 15) is 0 Å². The van der Waals surface area contributed by atoms with Gasteiger partial charge in [0.05, 0.1) is 6.54 Å². The van der Waals surface area contributed by atoms with Crippen molar-refractivity contribution in [3.63, 3.8) is 0 Å². The molecule has 0 atom stereocenters. The van der Waals surface area contributed by atoms with Crippen LogP contribution in [0.15, 0.2) is 10.5 Å². The predicted octanol–water partition coefficient (Wildman–Crippen LogP) is 2.89. The summed E-state index contributed by atoms with van der Waals surface area (Å²) in [4.78, 5) is 1.18. The number of nitrogens with one attached hydrogen (secondary N) is 1. The molecule has 0 bridgehead atoms. The van der Waals surface area contributed by atoms with Crippen molar-refractivity contribution in [1.29, 1.82) is 0 Å². The quantitative estimate of drug-likeness (QED) is 0.654. The number of halogens is 2. The molecule has 0 aliphatic heterocycles. The van der Waals surface area contributed by atoms with Crippen LogP contribution >= 0.6 is 38.9 Å². The van der Waals surface area contributed by atoms with Crippen LogP contribution in [0.1, 0.15) is 4.88 Å². The number of rotatable bonds is 3. The van der Waals surface area contributed by atoms with Crippen molar-refractivity contribution in [1.82, 2.24) is 5.32 Å². The number of thiophene rings is 1. The van der Waals surface area contributed by atoms with Crippen molar-refractivity contribution in [2.45, 2.75) is 6.54 Å². The third kappa shape index (κ3) is 2.80. The maximum absolute atomic E-state index is 5.85. The van der Waals surface area contributed by atoms with Crippen molar-refractivity contribution in [2.24, 2.45) is 0 Å². The van der Waals surface area contributed by atoms with Gasteiger partial charge in [-0.1, -0.05) is 17.5 Å². The first-order chi connectivity index (χ1) is 5.74. The highest BCUT2D eigenvalue weighted by atomic mass is 79.9. The van der Waals surface area contributed by atoms with Crippen molar-refractivity contribution >= 4 is 38.9 Å². The minimum Gasteiger partial charge on any atom is -0.301 e. The van der Waals surface area contributed by atoms with Crippen LogP contribution in [0, 0.1) is 12.3 Å². The standard InChI is InChI=1S/C8H7BrClNS/c1-2-3-11-5-6-4-7(9)8(10)12-6/h1,4,11H,3,5H2. The molecule has 0 radical (unpaired) electrons. The minimum atomic E-state index is 0.590. The molecule has 4 heteroatoms. The Bertz CT molecular complexity index is 283. The van der Waals surface area contributed by atoms with E-state index in [0.717, 1.165) is 15.4 Å². The fourth-order valence-corrected chi connectivity index (χ4v) is 2.50. The number of hydrogen-bond acceptors (Lipinski definition) is 2. The summed E-state index contributed by atoms with van der Waals surface area (Å²) in [6.45, 7) is 1.37. The topological polar surface area (TPSA) is 12.0 Å². The molecule has 0 aromatic carbocycles. The summed E-state index contributed by atoms with van der Waals surface area (Å²) in [5, 5.41) is 3.09. The third-order valence-electron chi connectivity index (χ3n) is 1.22. The van der Waals surface area contributed by atoms with Gasteiger partial charge < -0.3 is 5.32 Å². The summed E-state index contributed by atoms with van der Waals surface area (Å²) >= 11 is 10.7. The molecule has 0 saturated heterocycles. The van der Waals surface area contributed by atoms with E-state index in [1.54, 1.807) is 11.3 Å². The SMILES string of the molecule is C#CCNCc1cc(Br)c(Cl)s1. The normalized spacial score (nSPS) is 9.75. The summed E-state index contributed by atoms with van der Waals surface area (Å²) < 4.78 is 1.74. The molecule has 0 aliphatic carbocycles. The summed E-state index contributed by atoms with van der Waals surface area (Å²) in [5.41, 5.74) is 0. The van der Waals surface area contributed by atoms with Crippen molar-refractivity contribution in [3.8, 4) is 12.3 Å². The van der Waals surface area contributed by atoms with Crippen LogP contribution in [0.5, 0.6) is 0 Å². The highest BCUT2D eigenvalue weighted by Gasteiger charge is 2.02. The average molecular weight is 265 g/mol. The maximum atomic E-state index is 5.85. The Labute approximate surface area is 89.3 Å². The molecule has 0 unspecified atom stereocenters. The third-order valence-corrected chi connectivity index (χ3v) is 3.70. The van der Waals surface area contributed by atoms with Crippen LogP contribution in [0.25, 0.3) is 0 Å². The highest BCUT2D eigenvalue weighted by Crippen LogP contribution is 2.31. The molecule has 64 valence electrons. The zero-order valence-corrected chi connectivity index (χ0v) is 9.39. The fourth-order valence-electron chi connectivity index (χ4n) is 0.736. The molecule has 1 heterocycles. The van der Waals surface area contributed by atoms with E-state index < -0.39 is 0 Å². The van der Waals surface area contributed by atoms with Gasteiger partial charge in [0.15, 0.2) is 0 Å². The largest absolute Gasteiger partial charge is 0.301 e. The molecule has 1 nitrogen and oxygen atoms in total. The first-order valence-corrected chi connectivity index (χ1v) is 5.30. The summed E-state index contributed by atoms with van der Waals surface area (Å²) in [6, 6.07) is 2.00. The molecule has 1 aromatic heterocycles. The van der Waals surface area contributed by atoms with Crippen molar-refractivity contribution in [3.05, 3.63) is 19.8 Å². The lowest BCUT2D eigenvalue weighted by Gasteiger charge is -1.94. The van der Waals surface area contributed by atoms with Gasteiger partial charge in [0.2, 0.25) is 0 Å². The summed E-state index contributed by atoms with van der Waals surface area (Å²) in [7, 11) is 0. The zero-order chi connectivity index (χ0) is 8.97. The van der Waals surface area contributed by atoms with E-state index in [4.69, 9.17) is 18.0 Å². The van der Waals surface area contributed by atoms with Gasteiger partial charge in [-0.2, -0.15) is 0 Å². The van der Waals surface area contributed by atoms with Gasteiger partial charge in [-0.15, -0.1) is 17.8 Å². The van der Waals surface area contributed by atoms with Crippen LogP contribution in [0.3, 0.4) is 0 Å². The Balaban J connectivity index is 2.48.